The molecule has 1 saturated heterocycles. The number of hydrogen-bond donors (Lipinski definition) is 0. The normalized spacial score (nSPS) is 21.6. The Morgan fingerprint density at radius 1 is 1.33 bits per heavy atom. The average molecular weight is 213 g/mol. The van der Waals surface area contributed by atoms with Crippen LogP contribution in [-0.4, -0.2) is 36.5 Å². The zero-order valence-electron chi connectivity index (χ0n) is 9.87. The van der Waals surface area contributed by atoms with Gasteiger partial charge in [0.25, 0.3) is 0 Å². The highest BCUT2D eigenvalue weighted by molar-refractivity contribution is 5.87. The molecule has 0 aromatic rings. The fraction of sp³-hybridized carbons (Fsp3) is 0.818. The van der Waals surface area contributed by atoms with Crippen molar-refractivity contribution in [2.45, 2.75) is 39.7 Å². The molecular weight excluding hydrogens is 194 g/mol. The van der Waals surface area contributed by atoms with E-state index in [4.69, 9.17) is 4.74 Å². The molecule has 15 heavy (non-hydrogen) atoms. The van der Waals surface area contributed by atoms with E-state index in [9.17, 15) is 9.59 Å². The minimum Gasteiger partial charge on any atom is -0.467 e. The van der Waals surface area contributed by atoms with Crippen molar-refractivity contribution >= 4 is 11.9 Å². The minimum atomic E-state index is -0.434. The largest absolute Gasteiger partial charge is 0.467 e. The maximum Gasteiger partial charge on any atom is 0.328 e. The number of ether oxygens (including phenoxy) is 1. The standard InChI is InChI=1S/C11H19NO3/c1-11(2,3)10(14)12-7-5-6-8(12)9(13)15-4/h8H,5-7H2,1-4H3. The predicted molar refractivity (Wildman–Crippen MR) is 56.2 cm³/mol. The van der Waals surface area contributed by atoms with Crippen molar-refractivity contribution in [2.75, 3.05) is 13.7 Å². The molecule has 1 heterocycles. The maximum absolute atomic E-state index is 12.0. The van der Waals surface area contributed by atoms with Gasteiger partial charge < -0.3 is 9.64 Å². The molecule has 4 nitrogen and oxygen atoms in total. The van der Waals surface area contributed by atoms with Crippen LogP contribution >= 0.6 is 0 Å². The van der Waals surface area contributed by atoms with Gasteiger partial charge in [0.05, 0.1) is 7.11 Å². The molecule has 0 N–H and O–H groups in total. The number of esters is 1. The molecule has 0 aromatic carbocycles. The molecule has 4 heteroatoms. The molecule has 1 aliphatic heterocycles. The smallest absolute Gasteiger partial charge is 0.328 e. The molecule has 0 saturated carbocycles. The summed E-state index contributed by atoms with van der Waals surface area (Å²) in [4.78, 5) is 25.1. The van der Waals surface area contributed by atoms with Crippen LogP contribution in [0.4, 0.5) is 0 Å². The first-order valence-electron chi connectivity index (χ1n) is 5.27. The van der Waals surface area contributed by atoms with Crippen LogP contribution in [0.1, 0.15) is 33.6 Å². The first-order chi connectivity index (χ1) is 6.88. The summed E-state index contributed by atoms with van der Waals surface area (Å²) < 4.78 is 4.69. The molecule has 1 aliphatic rings. The monoisotopic (exact) mass is 213 g/mol. The van der Waals surface area contributed by atoms with Crippen molar-refractivity contribution in [1.82, 2.24) is 4.90 Å². The summed E-state index contributed by atoms with van der Waals surface area (Å²) in [7, 11) is 1.36. The second kappa shape index (κ2) is 4.21. The van der Waals surface area contributed by atoms with Crippen molar-refractivity contribution < 1.29 is 14.3 Å². The average Bonchev–Trinajstić information content (AvgIpc) is 2.62. The lowest BCUT2D eigenvalue weighted by molar-refractivity contribution is -0.153. The first-order valence-corrected chi connectivity index (χ1v) is 5.27. The van der Waals surface area contributed by atoms with Crippen molar-refractivity contribution in [1.29, 1.82) is 0 Å². The van der Waals surface area contributed by atoms with Gasteiger partial charge in [0, 0.05) is 12.0 Å². The number of methoxy groups -OCH3 is 1. The molecule has 0 spiro atoms. The fourth-order valence-electron chi connectivity index (χ4n) is 1.82. The summed E-state index contributed by atoms with van der Waals surface area (Å²) in [5, 5.41) is 0. The van der Waals surface area contributed by atoms with Crippen molar-refractivity contribution in [3.63, 3.8) is 0 Å². The van der Waals surface area contributed by atoms with E-state index >= 15 is 0 Å². The number of carbonyl (C=O) groups excluding carboxylic acids is 2. The van der Waals surface area contributed by atoms with Gasteiger partial charge in [0.15, 0.2) is 0 Å². The van der Waals surface area contributed by atoms with Gasteiger partial charge in [-0.2, -0.15) is 0 Å². The molecule has 1 unspecified atom stereocenters. The topological polar surface area (TPSA) is 46.6 Å². The summed E-state index contributed by atoms with van der Waals surface area (Å²) in [6.45, 7) is 6.25. The van der Waals surface area contributed by atoms with Crippen LogP contribution in [0.5, 0.6) is 0 Å². The number of amides is 1. The molecule has 1 amide bonds. The van der Waals surface area contributed by atoms with Crippen LogP contribution in [0.2, 0.25) is 0 Å². The number of hydrogen-bond acceptors (Lipinski definition) is 3. The SMILES string of the molecule is COC(=O)C1CCCN1C(=O)C(C)(C)C. The lowest BCUT2D eigenvalue weighted by Gasteiger charge is -2.29. The summed E-state index contributed by atoms with van der Waals surface area (Å²) in [5.41, 5.74) is -0.434. The molecule has 1 rings (SSSR count). The number of carbonyl (C=O) groups is 2. The van der Waals surface area contributed by atoms with Gasteiger partial charge in [-0.3, -0.25) is 4.79 Å². The van der Waals surface area contributed by atoms with Crippen LogP contribution in [0.3, 0.4) is 0 Å². The van der Waals surface area contributed by atoms with Gasteiger partial charge in [-0.1, -0.05) is 20.8 Å². The van der Waals surface area contributed by atoms with E-state index in [2.05, 4.69) is 0 Å². The molecule has 0 radical (unpaired) electrons. The third-order valence-corrected chi connectivity index (χ3v) is 2.63. The van der Waals surface area contributed by atoms with Gasteiger partial charge in [0.2, 0.25) is 5.91 Å². The van der Waals surface area contributed by atoms with E-state index in [0.717, 1.165) is 6.42 Å². The van der Waals surface area contributed by atoms with E-state index in [0.29, 0.717) is 13.0 Å². The Bertz CT molecular complexity index is 267. The Morgan fingerprint density at radius 2 is 1.93 bits per heavy atom. The number of rotatable bonds is 1. The van der Waals surface area contributed by atoms with E-state index in [-0.39, 0.29) is 17.9 Å². The maximum atomic E-state index is 12.0. The second-order valence-electron chi connectivity index (χ2n) is 4.93. The summed E-state index contributed by atoms with van der Waals surface area (Å²) in [5.74, 6) is -0.277. The number of likely N-dealkylation sites (tertiary alicyclic amines) is 1. The van der Waals surface area contributed by atoms with Crippen molar-refractivity contribution in [3.05, 3.63) is 0 Å². The predicted octanol–water partition coefficient (Wildman–Crippen LogP) is 1.20. The lowest BCUT2D eigenvalue weighted by Crippen LogP contribution is -2.46. The van der Waals surface area contributed by atoms with Gasteiger partial charge in [-0.15, -0.1) is 0 Å². The number of nitrogens with zero attached hydrogens (tertiary/aromatic N) is 1. The third kappa shape index (κ3) is 2.49. The Hall–Kier alpha value is -1.06. The van der Waals surface area contributed by atoms with E-state index in [1.54, 1.807) is 4.90 Å². The van der Waals surface area contributed by atoms with Crippen LogP contribution in [0.25, 0.3) is 0 Å². The van der Waals surface area contributed by atoms with Gasteiger partial charge in [-0.25, -0.2) is 4.79 Å². The van der Waals surface area contributed by atoms with Crippen LogP contribution in [0.15, 0.2) is 0 Å². The van der Waals surface area contributed by atoms with Gasteiger partial charge in [0.1, 0.15) is 6.04 Å². The molecule has 0 aliphatic carbocycles. The zero-order valence-corrected chi connectivity index (χ0v) is 9.87. The lowest BCUT2D eigenvalue weighted by atomic mass is 9.94. The van der Waals surface area contributed by atoms with Gasteiger partial charge >= 0.3 is 5.97 Å². The van der Waals surface area contributed by atoms with Crippen LogP contribution < -0.4 is 0 Å². The molecule has 1 fully saturated rings. The van der Waals surface area contributed by atoms with E-state index in [1.807, 2.05) is 20.8 Å². The highest BCUT2D eigenvalue weighted by atomic mass is 16.5. The van der Waals surface area contributed by atoms with Crippen molar-refractivity contribution in [2.24, 2.45) is 5.41 Å². The van der Waals surface area contributed by atoms with E-state index < -0.39 is 5.41 Å². The zero-order chi connectivity index (χ0) is 11.6. The second-order valence-corrected chi connectivity index (χ2v) is 4.93. The Balaban J connectivity index is 2.77. The minimum absolute atomic E-state index is 0.0235. The Morgan fingerprint density at radius 3 is 2.40 bits per heavy atom. The first kappa shape index (κ1) is 12.0. The highest BCUT2D eigenvalue weighted by Crippen LogP contribution is 2.25. The van der Waals surface area contributed by atoms with Crippen molar-refractivity contribution in [3.8, 4) is 0 Å². The quantitative estimate of drug-likeness (QED) is 0.615. The van der Waals surface area contributed by atoms with Gasteiger partial charge in [-0.05, 0) is 12.8 Å². The molecule has 0 bridgehead atoms. The van der Waals surface area contributed by atoms with E-state index in [1.165, 1.54) is 7.11 Å². The van der Waals surface area contributed by atoms with Crippen LogP contribution in [-0.2, 0) is 14.3 Å². The molecule has 1 atom stereocenters. The Labute approximate surface area is 90.6 Å². The summed E-state index contributed by atoms with van der Waals surface area (Å²) in [6.07, 6.45) is 1.59. The fourth-order valence-corrected chi connectivity index (χ4v) is 1.82. The summed E-state index contributed by atoms with van der Waals surface area (Å²) >= 11 is 0. The highest BCUT2D eigenvalue weighted by Gasteiger charge is 2.38. The Kier molecular flexibility index (Phi) is 3.37. The molecular formula is C11H19NO3. The summed E-state index contributed by atoms with van der Waals surface area (Å²) in [6, 6.07) is -0.373. The molecule has 0 aromatic heterocycles. The molecule has 86 valence electrons. The van der Waals surface area contributed by atoms with Crippen LogP contribution in [0, 0.1) is 5.41 Å². The third-order valence-electron chi connectivity index (χ3n) is 2.63.